The first-order valence-electron chi connectivity index (χ1n) is 15.5. The van der Waals surface area contributed by atoms with E-state index in [0.29, 0.717) is 0 Å². The van der Waals surface area contributed by atoms with Gasteiger partial charge in [-0.1, -0.05) is 91.4 Å². The smallest absolute Gasteiger partial charge is 0.113 e. The fourth-order valence-corrected chi connectivity index (χ4v) is 12.2. The first kappa shape index (κ1) is 26.9. The lowest BCUT2D eigenvalue weighted by Crippen LogP contribution is -2.49. The van der Waals surface area contributed by atoms with Crippen LogP contribution in [-0.4, -0.2) is 8.07 Å². The molecule has 8 aromatic rings. The quantitative estimate of drug-likeness (QED) is 0.138. The fraction of sp³-hybridized carbons (Fsp3) is 0.0732. The number of rotatable bonds is 3. The Kier molecular flexibility index (Phi) is 5.86. The zero-order valence-corrected chi connectivity index (χ0v) is 27.9. The van der Waals surface area contributed by atoms with E-state index in [4.69, 9.17) is 11.6 Å². The van der Waals surface area contributed by atoms with Crippen molar-refractivity contribution in [3.8, 4) is 11.1 Å². The molecule has 0 aliphatic carbocycles. The molecule has 0 unspecified atom stereocenters. The summed E-state index contributed by atoms with van der Waals surface area (Å²) in [6.07, 6.45) is 0. The summed E-state index contributed by atoms with van der Waals surface area (Å²) < 4.78 is 2.64. The molecule has 0 amide bonds. The molecule has 1 nitrogen and oxygen atoms in total. The molecule has 4 heteroatoms. The Labute approximate surface area is 273 Å². The van der Waals surface area contributed by atoms with Crippen molar-refractivity contribution in [2.24, 2.45) is 0 Å². The molecule has 1 aliphatic heterocycles. The fourth-order valence-electron chi connectivity index (χ4n) is 7.60. The van der Waals surface area contributed by atoms with Crippen LogP contribution in [0.25, 0.3) is 52.8 Å². The van der Waals surface area contributed by atoms with E-state index in [2.05, 4.69) is 152 Å². The molecule has 0 atom stereocenters. The number of nitrogens with zero attached hydrogens (tertiary/aromatic N) is 1. The lowest BCUT2D eigenvalue weighted by Gasteiger charge is -2.27. The molecule has 7 aromatic carbocycles. The van der Waals surface area contributed by atoms with E-state index in [1.807, 2.05) is 11.3 Å². The lowest BCUT2D eigenvalue weighted by atomic mass is 9.99. The standard InChI is InChI=1S/C41H30ClNSSi/c1-25-20-28(42)22-40-41(25)36-24-31(16-19-39(36)45(40,2)3)43(30-15-18-38-35(23-30)34-10-6-7-11-37(34)44-38)29-14-17-33-27(21-29)13-12-26-8-4-5-9-32(26)33/h4-24H,1-3H3. The van der Waals surface area contributed by atoms with Gasteiger partial charge >= 0.3 is 0 Å². The van der Waals surface area contributed by atoms with Crippen LogP contribution in [0.5, 0.6) is 0 Å². The molecule has 0 spiro atoms. The van der Waals surface area contributed by atoms with Gasteiger partial charge in [-0.3, -0.25) is 0 Å². The van der Waals surface area contributed by atoms with Crippen LogP contribution < -0.4 is 15.3 Å². The number of fused-ring (bicyclic) bond motifs is 9. The molecule has 45 heavy (non-hydrogen) atoms. The second-order valence-electron chi connectivity index (χ2n) is 12.8. The van der Waals surface area contributed by atoms with Gasteiger partial charge in [-0.2, -0.15) is 0 Å². The molecule has 0 saturated carbocycles. The summed E-state index contributed by atoms with van der Waals surface area (Å²) in [5.41, 5.74) is 7.46. The molecule has 0 bridgehead atoms. The summed E-state index contributed by atoms with van der Waals surface area (Å²) in [4.78, 5) is 2.44. The highest BCUT2D eigenvalue weighted by Crippen LogP contribution is 2.43. The Morgan fingerprint density at radius 3 is 2.11 bits per heavy atom. The van der Waals surface area contributed by atoms with Gasteiger partial charge in [-0.25, -0.2) is 0 Å². The number of hydrogen-bond donors (Lipinski definition) is 0. The van der Waals surface area contributed by atoms with E-state index in [1.165, 1.54) is 74.5 Å². The molecule has 9 rings (SSSR count). The molecular weight excluding hydrogens is 602 g/mol. The third-order valence-corrected chi connectivity index (χ3v) is 14.7. The number of hydrogen-bond acceptors (Lipinski definition) is 2. The zero-order chi connectivity index (χ0) is 30.4. The predicted molar refractivity (Wildman–Crippen MR) is 201 cm³/mol. The molecule has 1 aromatic heterocycles. The lowest BCUT2D eigenvalue weighted by molar-refractivity contribution is 1.30. The van der Waals surface area contributed by atoms with E-state index in [1.54, 1.807) is 0 Å². The first-order chi connectivity index (χ1) is 21.9. The van der Waals surface area contributed by atoms with Crippen LogP contribution in [0.4, 0.5) is 17.1 Å². The largest absolute Gasteiger partial charge is 0.310 e. The number of anilines is 3. The highest BCUT2D eigenvalue weighted by Gasteiger charge is 2.39. The summed E-state index contributed by atoms with van der Waals surface area (Å²) in [6, 6.07) is 47.3. The van der Waals surface area contributed by atoms with Gasteiger partial charge in [-0.05, 0) is 116 Å². The van der Waals surface area contributed by atoms with E-state index in [9.17, 15) is 0 Å². The van der Waals surface area contributed by atoms with Crippen molar-refractivity contribution in [1.29, 1.82) is 0 Å². The number of benzene rings is 7. The molecule has 1 aliphatic rings. The maximum absolute atomic E-state index is 6.62. The summed E-state index contributed by atoms with van der Waals surface area (Å²) >= 11 is 8.48. The Morgan fingerprint density at radius 1 is 0.556 bits per heavy atom. The Bertz CT molecular complexity index is 2510. The van der Waals surface area contributed by atoms with Crippen molar-refractivity contribution in [2.75, 3.05) is 4.90 Å². The van der Waals surface area contributed by atoms with Crippen LogP contribution in [-0.2, 0) is 0 Å². The number of thiophene rings is 1. The van der Waals surface area contributed by atoms with E-state index in [0.717, 1.165) is 16.4 Å². The molecular formula is C41H30ClNSSi. The summed E-state index contributed by atoms with van der Waals surface area (Å²) in [5, 5.41) is 11.4. The van der Waals surface area contributed by atoms with E-state index >= 15 is 0 Å². The van der Waals surface area contributed by atoms with Gasteiger partial charge in [0.2, 0.25) is 0 Å². The third-order valence-electron chi connectivity index (χ3n) is 9.78. The average molecular weight is 632 g/mol. The van der Waals surface area contributed by atoms with Gasteiger partial charge in [0.25, 0.3) is 0 Å². The number of halogens is 1. The maximum Gasteiger partial charge on any atom is 0.113 e. The van der Waals surface area contributed by atoms with Gasteiger partial charge in [0.05, 0.1) is 0 Å². The van der Waals surface area contributed by atoms with Crippen LogP contribution >= 0.6 is 22.9 Å². The van der Waals surface area contributed by atoms with Crippen molar-refractivity contribution in [1.82, 2.24) is 0 Å². The minimum absolute atomic E-state index is 0.835. The zero-order valence-electron chi connectivity index (χ0n) is 25.4. The van der Waals surface area contributed by atoms with E-state index < -0.39 is 8.07 Å². The normalized spacial score (nSPS) is 13.5. The summed E-state index contributed by atoms with van der Waals surface area (Å²) in [5.74, 6) is 0. The van der Waals surface area contributed by atoms with Crippen molar-refractivity contribution in [2.45, 2.75) is 20.0 Å². The monoisotopic (exact) mass is 631 g/mol. The average Bonchev–Trinajstić information content (AvgIpc) is 3.52. The van der Waals surface area contributed by atoms with Gasteiger partial charge in [0.15, 0.2) is 0 Å². The minimum Gasteiger partial charge on any atom is -0.310 e. The predicted octanol–water partition coefficient (Wildman–Crippen LogP) is 11.6. The van der Waals surface area contributed by atoms with Crippen LogP contribution in [0.2, 0.25) is 18.1 Å². The Morgan fingerprint density at radius 2 is 1.22 bits per heavy atom. The summed E-state index contributed by atoms with van der Waals surface area (Å²) in [7, 11) is -1.88. The topological polar surface area (TPSA) is 3.24 Å². The Balaban J connectivity index is 1.30. The highest BCUT2D eigenvalue weighted by atomic mass is 35.5. The molecule has 0 radical (unpaired) electrons. The number of aryl methyl sites for hydroxylation is 1. The molecule has 2 heterocycles. The molecule has 216 valence electrons. The SMILES string of the molecule is Cc1cc(Cl)cc2c1-c1cc(N(c3ccc4c(ccc5ccccc54)c3)c3ccc4sc5ccccc5c4c3)ccc1[Si]2(C)C. The summed E-state index contributed by atoms with van der Waals surface area (Å²) in [6.45, 7) is 7.11. The van der Waals surface area contributed by atoms with Crippen molar-refractivity contribution >= 4 is 100 Å². The van der Waals surface area contributed by atoms with Gasteiger partial charge in [0, 0.05) is 42.3 Å². The van der Waals surface area contributed by atoms with Crippen molar-refractivity contribution < 1.29 is 0 Å². The molecule has 0 fully saturated rings. The second-order valence-corrected chi connectivity index (χ2v) is 18.7. The van der Waals surface area contributed by atoms with Crippen LogP contribution in [0.3, 0.4) is 0 Å². The first-order valence-corrected chi connectivity index (χ1v) is 19.6. The minimum atomic E-state index is -1.88. The van der Waals surface area contributed by atoms with Crippen LogP contribution in [0, 0.1) is 6.92 Å². The van der Waals surface area contributed by atoms with E-state index in [-0.39, 0.29) is 0 Å². The van der Waals surface area contributed by atoms with Gasteiger partial charge < -0.3 is 4.90 Å². The third kappa shape index (κ3) is 4.04. The molecule has 0 saturated heterocycles. The van der Waals surface area contributed by atoms with Crippen LogP contribution in [0.1, 0.15) is 5.56 Å². The van der Waals surface area contributed by atoms with Crippen molar-refractivity contribution in [3.63, 3.8) is 0 Å². The molecule has 0 N–H and O–H groups in total. The van der Waals surface area contributed by atoms with Gasteiger partial charge in [0.1, 0.15) is 8.07 Å². The second kappa shape index (κ2) is 9.79. The van der Waals surface area contributed by atoms with Crippen LogP contribution in [0.15, 0.2) is 127 Å². The maximum atomic E-state index is 6.62. The highest BCUT2D eigenvalue weighted by molar-refractivity contribution is 7.25. The van der Waals surface area contributed by atoms with Gasteiger partial charge in [-0.15, -0.1) is 11.3 Å². The Hall–Kier alpha value is -4.41. The van der Waals surface area contributed by atoms with Crippen molar-refractivity contribution in [3.05, 3.63) is 138 Å².